The first kappa shape index (κ1) is 22.0. The van der Waals surface area contributed by atoms with Crippen molar-refractivity contribution in [1.29, 1.82) is 0 Å². The average molecular weight is 411 g/mol. The van der Waals surface area contributed by atoms with Gasteiger partial charge in [-0.2, -0.15) is 0 Å². The Balaban J connectivity index is 1.42. The molecule has 2 amide bonds. The van der Waals surface area contributed by atoms with E-state index < -0.39 is 0 Å². The van der Waals surface area contributed by atoms with Gasteiger partial charge in [-0.15, -0.1) is 0 Å². The van der Waals surface area contributed by atoms with Crippen molar-refractivity contribution in [3.05, 3.63) is 58.7 Å². The molecular weight excluding hydrogens is 376 g/mol. The van der Waals surface area contributed by atoms with Crippen molar-refractivity contribution in [2.75, 3.05) is 49.9 Å². The van der Waals surface area contributed by atoms with E-state index in [2.05, 4.69) is 24.5 Å². The molecule has 1 saturated heterocycles. The number of quaternary nitrogens is 2. The highest BCUT2D eigenvalue weighted by atomic mass is 16.2. The quantitative estimate of drug-likeness (QED) is 0.553. The Morgan fingerprint density at radius 3 is 1.80 bits per heavy atom. The molecule has 1 heterocycles. The van der Waals surface area contributed by atoms with Crippen LogP contribution in [0.25, 0.3) is 0 Å². The SMILES string of the molecule is Cc1ccc(NC(=O)C[NH+]2CC[NH+](CC(=O)Nc3c(C)cccc3C)CC2)cc1C. The fourth-order valence-electron chi connectivity index (χ4n) is 3.98. The molecule has 2 aromatic rings. The largest absolute Gasteiger partial charge is 0.321 e. The van der Waals surface area contributed by atoms with Crippen LogP contribution in [0, 0.1) is 27.7 Å². The minimum Gasteiger partial charge on any atom is -0.321 e. The number of rotatable bonds is 6. The van der Waals surface area contributed by atoms with Gasteiger partial charge in [-0.05, 0) is 62.1 Å². The van der Waals surface area contributed by atoms with Crippen LogP contribution in [0.1, 0.15) is 22.3 Å². The minimum absolute atomic E-state index is 0.0458. The monoisotopic (exact) mass is 410 g/mol. The molecule has 0 aromatic heterocycles. The zero-order chi connectivity index (χ0) is 21.7. The molecular formula is C24H34N4O2+2. The summed E-state index contributed by atoms with van der Waals surface area (Å²) < 4.78 is 0. The molecule has 1 aliphatic heterocycles. The number of hydrogen-bond donors (Lipinski definition) is 4. The number of anilines is 2. The summed E-state index contributed by atoms with van der Waals surface area (Å²) in [6, 6.07) is 12.0. The molecule has 30 heavy (non-hydrogen) atoms. The van der Waals surface area contributed by atoms with Crippen LogP contribution in [-0.2, 0) is 9.59 Å². The van der Waals surface area contributed by atoms with Crippen LogP contribution < -0.4 is 20.4 Å². The Morgan fingerprint density at radius 2 is 1.27 bits per heavy atom. The van der Waals surface area contributed by atoms with E-state index in [1.54, 1.807) is 0 Å². The van der Waals surface area contributed by atoms with Gasteiger partial charge in [0.15, 0.2) is 13.1 Å². The van der Waals surface area contributed by atoms with Crippen LogP contribution in [0.4, 0.5) is 11.4 Å². The van der Waals surface area contributed by atoms with Gasteiger partial charge < -0.3 is 20.4 Å². The molecule has 2 aromatic carbocycles. The van der Waals surface area contributed by atoms with Gasteiger partial charge in [0.05, 0.1) is 0 Å². The van der Waals surface area contributed by atoms with Crippen LogP contribution in [-0.4, -0.2) is 51.1 Å². The third kappa shape index (κ3) is 5.90. The first-order chi connectivity index (χ1) is 14.3. The third-order valence-electron chi connectivity index (χ3n) is 6.02. The molecule has 0 atom stereocenters. The number of para-hydroxylation sites is 1. The lowest BCUT2D eigenvalue weighted by atomic mass is 10.1. The maximum absolute atomic E-state index is 12.5. The van der Waals surface area contributed by atoms with Crippen LogP contribution in [0.3, 0.4) is 0 Å². The highest BCUT2D eigenvalue weighted by molar-refractivity contribution is 5.93. The standard InChI is InChI=1S/C24H32N4O2/c1-17-8-9-21(14-20(17)4)25-22(29)15-27-10-12-28(13-11-27)16-23(30)26-24-18(2)6-5-7-19(24)3/h5-9,14H,10-13,15-16H2,1-4H3,(H,25,29)(H,26,30)/p+2. The second-order valence-corrected chi connectivity index (χ2v) is 8.52. The molecule has 0 aliphatic carbocycles. The Morgan fingerprint density at radius 1 is 0.733 bits per heavy atom. The van der Waals surface area contributed by atoms with Crippen molar-refractivity contribution >= 4 is 23.2 Å². The van der Waals surface area contributed by atoms with Gasteiger partial charge in [0.25, 0.3) is 11.8 Å². The Hall–Kier alpha value is -2.70. The summed E-state index contributed by atoms with van der Waals surface area (Å²) in [5.74, 6) is 0.0998. The molecule has 0 saturated carbocycles. The number of nitrogens with one attached hydrogen (secondary N) is 4. The van der Waals surface area contributed by atoms with Crippen molar-refractivity contribution in [3.63, 3.8) is 0 Å². The molecule has 6 heteroatoms. The zero-order valence-electron chi connectivity index (χ0n) is 18.5. The topological polar surface area (TPSA) is 67.1 Å². The van der Waals surface area contributed by atoms with Gasteiger partial charge in [-0.1, -0.05) is 24.3 Å². The molecule has 160 valence electrons. The molecule has 3 rings (SSSR count). The smallest absolute Gasteiger partial charge is 0.279 e. The molecule has 4 N–H and O–H groups in total. The molecule has 0 bridgehead atoms. The lowest BCUT2D eigenvalue weighted by molar-refractivity contribution is -1.00. The molecule has 0 unspecified atom stereocenters. The van der Waals surface area contributed by atoms with E-state index in [1.807, 2.05) is 50.2 Å². The van der Waals surface area contributed by atoms with Gasteiger partial charge in [0.2, 0.25) is 0 Å². The van der Waals surface area contributed by atoms with E-state index in [4.69, 9.17) is 0 Å². The zero-order valence-corrected chi connectivity index (χ0v) is 18.5. The van der Waals surface area contributed by atoms with E-state index in [1.165, 1.54) is 20.9 Å². The molecule has 0 spiro atoms. The number of benzene rings is 2. The third-order valence-corrected chi connectivity index (χ3v) is 6.02. The van der Waals surface area contributed by atoms with Crippen LogP contribution in [0.15, 0.2) is 36.4 Å². The van der Waals surface area contributed by atoms with Gasteiger partial charge in [0.1, 0.15) is 26.2 Å². The summed E-state index contributed by atoms with van der Waals surface area (Å²) in [4.78, 5) is 27.4. The first-order valence-corrected chi connectivity index (χ1v) is 10.7. The van der Waals surface area contributed by atoms with Crippen molar-refractivity contribution in [3.8, 4) is 0 Å². The van der Waals surface area contributed by atoms with Gasteiger partial charge in [0, 0.05) is 11.4 Å². The highest BCUT2D eigenvalue weighted by Gasteiger charge is 2.26. The highest BCUT2D eigenvalue weighted by Crippen LogP contribution is 2.18. The summed E-state index contributed by atoms with van der Waals surface area (Å²) in [7, 11) is 0. The summed E-state index contributed by atoms with van der Waals surface area (Å²) >= 11 is 0. The molecule has 6 nitrogen and oxygen atoms in total. The second-order valence-electron chi connectivity index (χ2n) is 8.52. The summed E-state index contributed by atoms with van der Waals surface area (Å²) in [5, 5.41) is 6.08. The Bertz CT molecular complexity index is 897. The molecule has 1 fully saturated rings. The van der Waals surface area contributed by atoms with Crippen LogP contribution in [0.2, 0.25) is 0 Å². The van der Waals surface area contributed by atoms with Crippen molar-refractivity contribution in [2.45, 2.75) is 27.7 Å². The van der Waals surface area contributed by atoms with Gasteiger partial charge >= 0.3 is 0 Å². The minimum atomic E-state index is 0.0458. The van der Waals surface area contributed by atoms with Crippen molar-refractivity contribution in [1.82, 2.24) is 0 Å². The van der Waals surface area contributed by atoms with Gasteiger partial charge in [-0.25, -0.2) is 0 Å². The number of hydrogen-bond acceptors (Lipinski definition) is 2. The number of piperazine rings is 1. The van der Waals surface area contributed by atoms with Crippen LogP contribution in [0.5, 0.6) is 0 Å². The Kier molecular flexibility index (Phi) is 7.24. The van der Waals surface area contributed by atoms with Gasteiger partial charge in [-0.3, -0.25) is 9.59 Å². The van der Waals surface area contributed by atoms with Crippen molar-refractivity contribution < 1.29 is 19.4 Å². The summed E-state index contributed by atoms with van der Waals surface area (Å²) in [6.07, 6.45) is 0. The lowest BCUT2D eigenvalue weighted by Crippen LogP contribution is -3.28. The summed E-state index contributed by atoms with van der Waals surface area (Å²) in [6.45, 7) is 12.7. The van der Waals surface area contributed by atoms with E-state index in [-0.39, 0.29) is 11.8 Å². The predicted molar refractivity (Wildman–Crippen MR) is 120 cm³/mol. The lowest BCUT2D eigenvalue weighted by Gasteiger charge is -2.29. The fraction of sp³-hybridized carbons (Fsp3) is 0.417. The number of amides is 2. The average Bonchev–Trinajstić information content (AvgIpc) is 2.69. The normalized spacial score (nSPS) is 18.7. The maximum atomic E-state index is 12.5. The fourth-order valence-corrected chi connectivity index (χ4v) is 3.98. The predicted octanol–water partition coefficient (Wildman–Crippen LogP) is 0.281. The number of carbonyl (C=O) groups excluding carboxylic acids is 2. The van der Waals surface area contributed by atoms with E-state index >= 15 is 0 Å². The first-order valence-electron chi connectivity index (χ1n) is 10.7. The van der Waals surface area contributed by atoms with E-state index in [0.29, 0.717) is 13.1 Å². The maximum Gasteiger partial charge on any atom is 0.279 e. The molecule has 1 aliphatic rings. The Labute approximate surface area is 179 Å². The van der Waals surface area contributed by atoms with Crippen LogP contribution >= 0.6 is 0 Å². The van der Waals surface area contributed by atoms with E-state index in [9.17, 15) is 9.59 Å². The van der Waals surface area contributed by atoms with Crippen molar-refractivity contribution in [2.24, 2.45) is 0 Å². The number of aryl methyl sites for hydroxylation is 4. The summed E-state index contributed by atoms with van der Waals surface area (Å²) in [5.41, 5.74) is 6.35. The molecule has 0 radical (unpaired) electrons. The van der Waals surface area contributed by atoms with E-state index in [0.717, 1.165) is 48.7 Å². The number of carbonyl (C=O) groups is 2. The second kappa shape index (κ2) is 9.87.